The number of allylic oxidation sites excluding steroid dienone is 2. The van der Waals surface area contributed by atoms with Crippen LogP contribution in [0.1, 0.15) is 49.9 Å². The van der Waals surface area contributed by atoms with E-state index >= 15 is 0 Å². The Kier molecular flexibility index (Phi) is 6.43. The third-order valence-electron chi connectivity index (χ3n) is 4.85. The molecule has 26 heavy (non-hydrogen) atoms. The minimum atomic E-state index is -0.789. The summed E-state index contributed by atoms with van der Waals surface area (Å²) in [6.45, 7) is 4.42. The highest BCUT2D eigenvalue weighted by Crippen LogP contribution is 2.31. The minimum absolute atomic E-state index is 0.176. The Labute approximate surface area is 151 Å². The lowest BCUT2D eigenvalue weighted by Gasteiger charge is -2.26. The van der Waals surface area contributed by atoms with E-state index in [4.69, 9.17) is 4.74 Å². The summed E-state index contributed by atoms with van der Waals surface area (Å²) < 4.78 is 5.18. The van der Waals surface area contributed by atoms with E-state index < -0.39 is 27.2 Å². The first kappa shape index (κ1) is 19.6. The number of ether oxygens (including phenoxy) is 1. The number of hydrogen-bond acceptors (Lipinski definition) is 6. The van der Waals surface area contributed by atoms with Crippen molar-refractivity contribution in [2.45, 2.75) is 39.5 Å². The molecule has 140 valence electrons. The van der Waals surface area contributed by atoms with E-state index in [1.54, 1.807) is 0 Å². The van der Waals surface area contributed by atoms with Crippen LogP contribution in [0.4, 0.5) is 11.4 Å². The van der Waals surface area contributed by atoms with Crippen molar-refractivity contribution in [3.05, 3.63) is 55.6 Å². The first-order valence-electron chi connectivity index (χ1n) is 8.54. The van der Waals surface area contributed by atoms with Crippen molar-refractivity contribution in [1.82, 2.24) is 0 Å². The Morgan fingerprint density at radius 2 is 1.85 bits per heavy atom. The Morgan fingerprint density at radius 1 is 1.23 bits per heavy atom. The molecule has 1 aromatic rings. The normalized spacial score (nSPS) is 17.9. The highest BCUT2D eigenvalue weighted by atomic mass is 16.6. The molecule has 0 saturated carbocycles. The van der Waals surface area contributed by atoms with Crippen LogP contribution < -0.4 is 0 Å². The van der Waals surface area contributed by atoms with Crippen molar-refractivity contribution in [1.29, 1.82) is 0 Å². The number of nitro benzene ring substituents is 2. The highest BCUT2D eigenvalue weighted by Gasteiger charge is 2.22. The molecule has 0 bridgehead atoms. The molecule has 0 N–H and O–H groups in total. The number of carbonyl (C=O) groups excluding carboxylic acids is 1. The van der Waals surface area contributed by atoms with Gasteiger partial charge in [0.2, 0.25) is 0 Å². The number of rotatable bonds is 7. The smallest absolute Gasteiger partial charge is 0.338 e. The van der Waals surface area contributed by atoms with Crippen molar-refractivity contribution in [2.24, 2.45) is 11.8 Å². The fourth-order valence-electron chi connectivity index (χ4n) is 3.08. The molecule has 2 atom stereocenters. The molecule has 0 amide bonds. The van der Waals surface area contributed by atoms with E-state index in [-0.39, 0.29) is 12.2 Å². The second-order valence-electron chi connectivity index (χ2n) is 6.74. The van der Waals surface area contributed by atoms with E-state index in [0.29, 0.717) is 18.3 Å². The van der Waals surface area contributed by atoms with Gasteiger partial charge in [-0.1, -0.05) is 18.6 Å². The number of carbonyl (C=O) groups is 1. The number of hydrogen-bond donors (Lipinski definition) is 0. The summed E-state index contributed by atoms with van der Waals surface area (Å²) in [7, 11) is 0. The second kappa shape index (κ2) is 8.55. The van der Waals surface area contributed by atoms with Crippen molar-refractivity contribution in [3.63, 3.8) is 0 Å². The predicted octanol–water partition coefficient (Wildman–Crippen LogP) is 4.43. The van der Waals surface area contributed by atoms with E-state index in [1.165, 1.54) is 5.57 Å². The van der Waals surface area contributed by atoms with Crippen molar-refractivity contribution < 1.29 is 19.4 Å². The number of esters is 1. The molecule has 1 aliphatic rings. The number of nitrogens with zero attached hydrogens (tertiary/aromatic N) is 2. The molecule has 1 aromatic carbocycles. The Hall–Kier alpha value is -2.77. The molecule has 0 heterocycles. The van der Waals surface area contributed by atoms with Gasteiger partial charge in [0.05, 0.1) is 28.1 Å². The van der Waals surface area contributed by atoms with Crippen LogP contribution in [0.2, 0.25) is 0 Å². The summed E-state index contributed by atoms with van der Waals surface area (Å²) in [6, 6.07) is 2.80. The summed E-state index contributed by atoms with van der Waals surface area (Å²) >= 11 is 0. The van der Waals surface area contributed by atoms with Gasteiger partial charge in [-0.05, 0) is 44.4 Å². The molecule has 0 spiro atoms. The third kappa shape index (κ3) is 5.11. The zero-order valence-electron chi connectivity index (χ0n) is 14.8. The summed E-state index contributed by atoms with van der Waals surface area (Å²) in [6.07, 6.45) is 6.16. The zero-order chi connectivity index (χ0) is 19.3. The third-order valence-corrected chi connectivity index (χ3v) is 4.85. The van der Waals surface area contributed by atoms with Crippen molar-refractivity contribution in [3.8, 4) is 0 Å². The van der Waals surface area contributed by atoms with Gasteiger partial charge in [-0.2, -0.15) is 0 Å². The molecule has 8 nitrogen and oxygen atoms in total. The Bertz CT molecular complexity index is 711. The summed E-state index contributed by atoms with van der Waals surface area (Å²) in [4.78, 5) is 32.3. The van der Waals surface area contributed by atoms with Crippen LogP contribution in [-0.4, -0.2) is 22.4 Å². The lowest BCUT2D eigenvalue weighted by molar-refractivity contribution is -0.394. The fraction of sp³-hybridized carbons (Fsp3) is 0.500. The largest absolute Gasteiger partial charge is 0.462 e. The molecule has 1 aliphatic carbocycles. The van der Waals surface area contributed by atoms with Gasteiger partial charge < -0.3 is 4.74 Å². The van der Waals surface area contributed by atoms with Gasteiger partial charge in [0.1, 0.15) is 0 Å². The average molecular weight is 362 g/mol. The molecule has 0 aliphatic heterocycles. The number of nitro groups is 2. The second-order valence-corrected chi connectivity index (χ2v) is 6.74. The predicted molar refractivity (Wildman–Crippen MR) is 94.9 cm³/mol. The van der Waals surface area contributed by atoms with Gasteiger partial charge in [-0.25, -0.2) is 4.79 Å². The molecular formula is C18H22N2O6. The number of non-ortho nitro benzene ring substituents is 2. The quantitative estimate of drug-likeness (QED) is 0.307. The summed E-state index contributed by atoms with van der Waals surface area (Å²) in [5, 5.41) is 21.8. The number of benzene rings is 1. The Balaban J connectivity index is 1.95. The molecule has 2 rings (SSSR count). The summed E-state index contributed by atoms with van der Waals surface area (Å²) in [5.41, 5.74) is 0.203. The maximum atomic E-state index is 12.1. The van der Waals surface area contributed by atoms with E-state index in [0.717, 1.165) is 37.5 Å². The molecule has 0 fully saturated rings. The lowest BCUT2D eigenvalue weighted by atomic mass is 9.80. The van der Waals surface area contributed by atoms with Crippen LogP contribution in [0.3, 0.4) is 0 Å². The van der Waals surface area contributed by atoms with Crippen LogP contribution in [0.5, 0.6) is 0 Å². The van der Waals surface area contributed by atoms with Crippen LogP contribution in [-0.2, 0) is 4.74 Å². The topological polar surface area (TPSA) is 113 Å². The molecular weight excluding hydrogens is 340 g/mol. The van der Waals surface area contributed by atoms with Crippen LogP contribution in [0.25, 0.3) is 0 Å². The van der Waals surface area contributed by atoms with E-state index in [9.17, 15) is 25.0 Å². The SMILES string of the molecule is CC1=CC[C@H]([C@@H](C)CCOC(=O)c2cc([N+](=O)[O-])cc([N+](=O)[O-])c2)CC1. The van der Waals surface area contributed by atoms with Gasteiger partial charge in [0.15, 0.2) is 0 Å². The molecule has 0 aromatic heterocycles. The highest BCUT2D eigenvalue weighted by molar-refractivity contribution is 5.91. The zero-order valence-corrected chi connectivity index (χ0v) is 14.8. The van der Waals surface area contributed by atoms with Gasteiger partial charge in [0.25, 0.3) is 11.4 Å². The van der Waals surface area contributed by atoms with Crippen LogP contribution >= 0.6 is 0 Å². The molecule has 0 radical (unpaired) electrons. The standard InChI is InChI=1S/C18H22N2O6/c1-12-3-5-14(6-4-12)13(2)7-8-26-18(21)15-9-16(19(22)23)11-17(10-15)20(24)25/h3,9-11,13-14H,4-8H2,1-2H3/t13-,14-/m0/s1. The summed E-state index contributed by atoms with van der Waals surface area (Å²) in [5.74, 6) is 0.145. The maximum absolute atomic E-state index is 12.1. The Morgan fingerprint density at radius 3 is 2.35 bits per heavy atom. The van der Waals surface area contributed by atoms with Gasteiger partial charge in [-0.15, -0.1) is 0 Å². The van der Waals surface area contributed by atoms with Crippen molar-refractivity contribution >= 4 is 17.3 Å². The minimum Gasteiger partial charge on any atom is -0.462 e. The molecule has 0 saturated heterocycles. The van der Waals surface area contributed by atoms with Crippen molar-refractivity contribution in [2.75, 3.05) is 6.61 Å². The first-order chi connectivity index (χ1) is 12.3. The van der Waals surface area contributed by atoms with Gasteiger partial charge in [0, 0.05) is 12.1 Å². The monoisotopic (exact) mass is 362 g/mol. The average Bonchev–Trinajstić information content (AvgIpc) is 2.61. The fourth-order valence-corrected chi connectivity index (χ4v) is 3.08. The molecule has 8 heteroatoms. The lowest BCUT2D eigenvalue weighted by Crippen LogP contribution is -2.17. The first-order valence-corrected chi connectivity index (χ1v) is 8.54. The van der Waals surface area contributed by atoms with E-state index in [1.807, 2.05) is 0 Å². The van der Waals surface area contributed by atoms with Crippen LogP contribution in [0, 0.1) is 32.1 Å². The van der Waals surface area contributed by atoms with Gasteiger partial charge >= 0.3 is 5.97 Å². The van der Waals surface area contributed by atoms with Gasteiger partial charge in [-0.3, -0.25) is 20.2 Å². The maximum Gasteiger partial charge on any atom is 0.338 e. The van der Waals surface area contributed by atoms with E-state index in [2.05, 4.69) is 19.9 Å². The molecule has 0 unspecified atom stereocenters. The van der Waals surface area contributed by atoms with Crippen LogP contribution in [0.15, 0.2) is 29.8 Å².